The summed E-state index contributed by atoms with van der Waals surface area (Å²) in [6.07, 6.45) is 1.60. The first kappa shape index (κ1) is 21.1. The first-order valence-electron chi connectivity index (χ1n) is 10.2. The Morgan fingerprint density at radius 1 is 1.17 bits per heavy atom. The molecule has 1 aromatic heterocycles. The van der Waals surface area contributed by atoms with Crippen LogP contribution in [0.5, 0.6) is 0 Å². The Balaban J connectivity index is 1.72. The van der Waals surface area contributed by atoms with Crippen LogP contribution >= 0.6 is 0 Å². The largest absolute Gasteiger partial charge is 0.480 e. The third-order valence-electron chi connectivity index (χ3n) is 6.14. The molecular formula is C23H31N3O3. The number of carboxylic acids is 1. The van der Waals surface area contributed by atoms with Crippen molar-refractivity contribution in [3.8, 4) is 0 Å². The van der Waals surface area contributed by atoms with Crippen LogP contribution in [-0.4, -0.2) is 64.1 Å². The lowest BCUT2D eigenvalue weighted by Gasteiger charge is -2.36. The number of amides is 1. The lowest BCUT2D eigenvalue weighted by atomic mass is 10.0. The zero-order chi connectivity index (χ0) is 21.1. The summed E-state index contributed by atoms with van der Waals surface area (Å²) in [7, 11) is 1.84. The summed E-state index contributed by atoms with van der Waals surface area (Å²) < 4.78 is 2.23. The summed E-state index contributed by atoms with van der Waals surface area (Å²) in [6.45, 7) is 7.59. The van der Waals surface area contributed by atoms with Gasteiger partial charge in [0.15, 0.2) is 0 Å². The predicted molar refractivity (Wildman–Crippen MR) is 113 cm³/mol. The number of likely N-dealkylation sites (tertiary alicyclic amines) is 1. The molecular weight excluding hydrogens is 366 g/mol. The Morgan fingerprint density at radius 3 is 2.38 bits per heavy atom. The monoisotopic (exact) mass is 397 g/mol. The Kier molecular flexibility index (Phi) is 6.42. The van der Waals surface area contributed by atoms with Crippen LogP contribution in [0.3, 0.4) is 0 Å². The summed E-state index contributed by atoms with van der Waals surface area (Å²) in [4.78, 5) is 27.9. The quantitative estimate of drug-likeness (QED) is 0.812. The smallest absolute Gasteiger partial charge is 0.317 e. The van der Waals surface area contributed by atoms with Gasteiger partial charge in [0.1, 0.15) is 0 Å². The maximum atomic E-state index is 13.2. The van der Waals surface area contributed by atoms with Crippen LogP contribution in [0, 0.1) is 13.8 Å². The number of aryl methyl sites for hydroxylation is 1. The molecule has 1 aromatic carbocycles. The molecule has 0 aliphatic carbocycles. The molecule has 29 heavy (non-hydrogen) atoms. The summed E-state index contributed by atoms with van der Waals surface area (Å²) in [5.74, 6) is -0.741. The fourth-order valence-corrected chi connectivity index (χ4v) is 4.49. The zero-order valence-corrected chi connectivity index (χ0v) is 17.8. The summed E-state index contributed by atoms with van der Waals surface area (Å²) in [5.41, 5.74) is 4.06. The van der Waals surface area contributed by atoms with Gasteiger partial charge >= 0.3 is 5.97 Å². The van der Waals surface area contributed by atoms with E-state index in [9.17, 15) is 9.59 Å². The van der Waals surface area contributed by atoms with Crippen molar-refractivity contribution in [3.05, 3.63) is 58.9 Å². The van der Waals surface area contributed by atoms with E-state index in [4.69, 9.17) is 5.11 Å². The fourth-order valence-electron chi connectivity index (χ4n) is 4.49. The van der Waals surface area contributed by atoms with Crippen LogP contribution in [0.25, 0.3) is 0 Å². The van der Waals surface area contributed by atoms with Gasteiger partial charge in [0.05, 0.1) is 18.2 Å². The van der Waals surface area contributed by atoms with E-state index < -0.39 is 5.97 Å². The molecule has 1 fully saturated rings. The Hall–Kier alpha value is -2.60. The van der Waals surface area contributed by atoms with Gasteiger partial charge in [-0.3, -0.25) is 14.5 Å². The second-order valence-electron chi connectivity index (χ2n) is 8.07. The van der Waals surface area contributed by atoms with Crippen LogP contribution in [0.15, 0.2) is 36.4 Å². The number of aliphatic carboxylic acids is 1. The number of carbonyl (C=O) groups is 2. The molecule has 6 heteroatoms. The number of nitrogens with zero attached hydrogens (tertiary/aromatic N) is 3. The molecule has 0 saturated carbocycles. The van der Waals surface area contributed by atoms with Gasteiger partial charge in [-0.15, -0.1) is 0 Å². The molecule has 2 heterocycles. The predicted octanol–water partition coefficient (Wildman–Crippen LogP) is 3.34. The van der Waals surface area contributed by atoms with Crippen LogP contribution in [0.2, 0.25) is 0 Å². The second-order valence-corrected chi connectivity index (χ2v) is 8.07. The Bertz CT molecular complexity index is 867. The molecule has 1 aliphatic heterocycles. The average molecular weight is 398 g/mol. The molecule has 1 amide bonds. The molecule has 1 unspecified atom stereocenters. The first-order chi connectivity index (χ1) is 13.8. The van der Waals surface area contributed by atoms with E-state index in [1.165, 1.54) is 5.56 Å². The molecule has 1 aliphatic rings. The highest BCUT2D eigenvalue weighted by Crippen LogP contribution is 2.27. The lowest BCUT2D eigenvalue weighted by Crippen LogP contribution is -2.46. The number of likely N-dealkylation sites (N-methyl/N-ethyl adjacent to an activating group) is 1. The third kappa shape index (κ3) is 4.53. The van der Waals surface area contributed by atoms with Gasteiger partial charge in [0, 0.05) is 30.5 Å². The minimum Gasteiger partial charge on any atom is -0.480 e. The lowest BCUT2D eigenvalue weighted by molar-refractivity contribution is -0.138. The minimum absolute atomic E-state index is 0.0388. The van der Waals surface area contributed by atoms with Gasteiger partial charge in [0.2, 0.25) is 0 Å². The van der Waals surface area contributed by atoms with Crippen molar-refractivity contribution in [2.45, 2.75) is 45.7 Å². The van der Waals surface area contributed by atoms with E-state index in [1.807, 2.05) is 48.0 Å². The summed E-state index contributed by atoms with van der Waals surface area (Å²) >= 11 is 0. The molecule has 6 nitrogen and oxygen atoms in total. The topological polar surface area (TPSA) is 65.8 Å². The molecule has 2 aromatic rings. The van der Waals surface area contributed by atoms with E-state index in [-0.39, 0.29) is 24.5 Å². The highest BCUT2D eigenvalue weighted by atomic mass is 16.4. The number of piperidine rings is 1. The molecule has 1 saturated heterocycles. The highest BCUT2D eigenvalue weighted by Gasteiger charge is 2.29. The Labute approximate surface area is 172 Å². The summed E-state index contributed by atoms with van der Waals surface area (Å²) in [5, 5.41) is 8.98. The molecule has 156 valence electrons. The molecule has 0 radical (unpaired) electrons. The standard InChI is InChI=1S/C23H31N3O3/c1-16-14-21(18(3)26(16)17(2)19-8-6-5-7-9-19)23(29)25-12-10-20(11-13-25)24(4)15-22(27)28/h5-9,14,17,20H,10-13,15H2,1-4H3,(H,27,28). The number of benzene rings is 1. The van der Waals surface area contributed by atoms with Gasteiger partial charge in [-0.2, -0.15) is 0 Å². The minimum atomic E-state index is -0.814. The normalized spacial score (nSPS) is 16.2. The van der Waals surface area contributed by atoms with Crippen LogP contribution in [0.1, 0.15) is 53.1 Å². The van der Waals surface area contributed by atoms with E-state index in [2.05, 4.69) is 30.5 Å². The molecule has 1 atom stereocenters. The van der Waals surface area contributed by atoms with Crippen molar-refractivity contribution in [3.63, 3.8) is 0 Å². The van der Waals surface area contributed by atoms with Gasteiger partial charge < -0.3 is 14.6 Å². The number of carbonyl (C=O) groups excluding carboxylic acids is 1. The van der Waals surface area contributed by atoms with Gasteiger partial charge in [-0.1, -0.05) is 30.3 Å². The van der Waals surface area contributed by atoms with Crippen LogP contribution in [-0.2, 0) is 4.79 Å². The van der Waals surface area contributed by atoms with Gasteiger partial charge in [-0.25, -0.2) is 0 Å². The Morgan fingerprint density at radius 2 is 1.79 bits per heavy atom. The average Bonchev–Trinajstić information content (AvgIpc) is 3.01. The van der Waals surface area contributed by atoms with Crippen molar-refractivity contribution in [1.82, 2.24) is 14.4 Å². The number of carboxylic acid groups (broad SMARTS) is 1. The van der Waals surface area contributed by atoms with E-state index in [1.54, 1.807) is 0 Å². The number of hydrogen-bond acceptors (Lipinski definition) is 3. The second kappa shape index (κ2) is 8.82. The summed E-state index contributed by atoms with van der Waals surface area (Å²) in [6, 6.07) is 12.7. The number of aromatic nitrogens is 1. The van der Waals surface area contributed by atoms with Crippen LogP contribution in [0.4, 0.5) is 0 Å². The van der Waals surface area contributed by atoms with E-state index >= 15 is 0 Å². The van der Waals surface area contributed by atoms with Gasteiger partial charge in [0.25, 0.3) is 5.91 Å². The molecule has 1 N–H and O–H groups in total. The van der Waals surface area contributed by atoms with Crippen molar-refractivity contribution in [2.75, 3.05) is 26.7 Å². The molecule has 0 bridgehead atoms. The highest BCUT2D eigenvalue weighted by molar-refractivity contribution is 5.95. The van der Waals surface area contributed by atoms with E-state index in [0.717, 1.165) is 29.8 Å². The third-order valence-corrected chi connectivity index (χ3v) is 6.14. The van der Waals surface area contributed by atoms with Crippen molar-refractivity contribution >= 4 is 11.9 Å². The molecule has 0 spiro atoms. The first-order valence-corrected chi connectivity index (χ1v) is 10.2. The number of hydrogen-bond donors (Lipinski definition) is 1. The van der Waals surface area contributed by atoms with Gasteiger partial charge in [-0.05, 0) is 52.3 Å². The zero-order valence-electron chi connectivity index (χ0n) is 17.8. The maximum Gasteiger partial charge on any atom is 0.317 e. The van der Waals surface area contributed by atoms with E-state index in [0.29, 0.717) is 13.1 Å². The van der Waals surface area contributed by atoms with Crippen molar-refractivity contribution < 1.29 is 14.7 Å². The number of rotatable bonds is 6. The van der Waals surface area contributed by atoms with Crippen LogP contribution < -0.4 is 0 Å². The van der Waals surface area contributed by atoms with Crippen molar-refractivity contribution in [1.29, 1.82) is 0 Å². The fraction of sp³-hybridized carbons (Fsp3) is 0.478. The maximum absolute atomic E-state index is 13.2. The SMILES string of the molecule is Cc1cc(C(=O)N2CCC(N(C)CC(=O)O)CC2)c(C)n1C(C)c1ccccc1. The molecule has 3 rings (SSSR count). The van der Waals surface area contributed by atoms with Crippen molar-refractivity contribution in [2.24, 2.45) is 0 Å².